The fraction of sp³-hybridized carbons (Fsp3) is 0.292. The van der Waals surface area contributed by atoms with E-state index in [1.807, 2.05) is 20.9 Å². The van der Waals surface area contributed by atoms with Gasteiger partial charge < -0.3 is 15.1 Å². The standard InChI is InChI=1S/C24H24F3N5O/c1-15-16(2)30-23(28-3)20-14-32(13-19(15)20)22(33)10-17-6-4-5-9-31(12-17)18-7-8-29-21(11-18)24(25,26)27/h4-9,11-12H,10,13-14H2,1-3H3,(H,28,30). The van der Waals surface area contributed by atoms with Crippen LogP contribution >= 0.6 is 0 Å². The number of nitrogens with one attached hydrogen (secondary N) is 1. The number of carbonyl (C=O) groups excluding carboxylic acids is 1. The molecule has 4 heterocycles. The van der Waals surface area contributed by atoms with E-state index in [4.69, 9.17) is 0 Å². The van der Waals surface area contributed by atoms with Crippen LogP contribution in [-0.4, -0.2) is 27.8 Å². The molecule has 6 nitrogen and oxygen atoms in total. The first-order valence-electron chi connectivity index (χ1n) is 10.5. The van der Waals surface area contributed by atoms with Crippen molar-refractivity contribution in [1.82, 2.24) is 14.9 Å². The number of allylic oxidation sites excluding steroid dienone is 3. The van der Waals surface area contributed by atoms with Crippen molar-refractivity contribution in [3.8, 4) is 0 Å². The topological polar surface area (TPSA) is 61.4 Å². The second kappa shape index (κ2) is 8.73. The lowest BCUT2D eigenvalue weighted by atomic mass is 10.0. The van der Waals surface area contributed by atoms with Gasteiger partial charge in [0, 0.05) is 55.7 Å². The highest BCUT2D eigenvalue weighted by Gasteiger charge is 2.33. The summed E-state index contributed by atoms with van der Waals surface area (Å²) in [5, 5.41) is 3.11. The number of alkyl halides is 3. The third-order valence-corrected chi connectivity index (χ3v) is 5.87. The van der Waals surface area contributed by atoms with Crippen molar-refractivity contribution in [1.29, 1.82) is 0 Å². The van der Waals surface area contributed by atoms with Crippen LogP contribution in [0.2, 0.25) is 0 Å². The van der Waals surface area contributed by atoms with E-state index in [9.17, 15) is 18.0 Å². The van der Waals surface area contributed by atoms with Gasteiger partial charge in [0.1, 0.15) is 11.5 Å². The molecule has 0 unspecified atom stereocenters. The zero-order valence-electron chi connectivity index (χ0n) is 18.6. The molecule has 1 N–H and O–H groups in total. The van der Waals surface area contributed by atoms with Crippen LogP contribution in [0.1, 0.15) is 34.5 Å². The quantitative estimate of drug-likeness (QED) is 0.714. The number of rotatable bonds is 4. The second-order valence-electron chi connectivity index (χ2n) is 8.01. The Morgan fingerprint density at radius 2 is 1.94 bits per heavy atom. The van der Waals surface area contributed by atoms with Gasteiger partial charge >= 0.3 is 6.18 Å². The van der Waals surface area contributed by atoms with Gasteiger partial charge in [0.05, 0.1) is 6.42 Å². The summed E-state index contributed by atoms with van der Waals surface area (Å²) in [6.07, 6.45) is 5.31. The van der Waals surface area contributed by atoms with Gasteiger partial charge in [-0.25, -0.2) is 4.98 Å². The summed E-state index contributed by atoms with van der Waals surface area (Å²) >= 11 is 0. The SMILES string of the molecule is CNc1nc(C)c(C)c2c1CN(C(=O)CC1=CN(c3ccnc(C(F)(F)F)c3)C=CC=C1)C2. The van der Waals surface area contributed by atoms with Crippen molar-refractivity contribution in [3.63, 3.8) is 0 Å². The third kappa shape index (κ3) is 4.62. The van der Waals surface area contributed by atoms with Crippen molar-refractivity contribution in [2.24, 2.45) is 0 Å². The van der Waals surface area contributed by atoms with E-state index < -0.39 is 11.9 Å². The number of halogens is 3. The van der Waals surface area contributed by atoms with E-state index in [0.717, 1.165) is 40.5 Å². The second-order valence-corrected chi connectivity index (χ2v) is 8.01. The molecular weight excluding hydrogens is 431 g/mol. The molecular formula is C24H24F3N5O. The van der Waals surface area contributed by atoms with E-state index in [-0.39, 0.29) is 12.3 Å². The number of hydrogen-bond acceptors (Lipinski definition) is 5. The Balaban J connectivity index is 1.53. The molecule has 1 amide bonds. The molecule has 0 saturated heterocycles. The van der Waals surface area contributed by atoms with Crippen molar-refractivity contribution in [2.45, 2.75) is 39.5 Å². The molecule has 2 aromatic heterocycles. The van der Waals surface area contributed by atoms with E-state index in [0.29, 0.717) is 24.4 Å². The van der Waals surface area contributed by atoms with Gasteiger partial charge in [-0.3, -0.25) is 9.78 Å². The van der Waals surface area contributed by atoms with Crippen LogP contribution in [0.25, 0.3) is 0 Å². The van der Waals surface area contributed by atoms with Gasteiger partial charge in [-0.15, -0.1) is 0 Å². The molecule has 0 spiro atoms. The number of pyridine rings is 2. The molecule has 2 aromatic rings. The summed E-state index contributed by atoms with van der Waals surface area (Å²) in [6, 6.07) is 2.48. The Labute approximate surface area is 190 Å². The minimum atomic E-state index is -4.53. The van der Waals surface area contributed by atoms with E-state index >= 15 is 0 Å². The maximum atomic E-state index is 13.1. The molecule has 0 saturated carbocycles. The minimum Gasteiger partial charge on any atom is -0.373 e. The van der Waals surface area contributed by atoms with Gasteiger partial charge in [-0.2, -0.15) is 13.2 Å². The van der Waals surface area contributed by atoms with Gasteiger partial charge in [0.2, 0.25) is 5.91 Å². The number of aryl methyl sites for hydroxylation is 1. The summed E-state index contributed by atoms with van der Waals surface area (Å²) in [6.45, 7) is 4.94. The number of fused-ring (bicyclic) bond motifs is 1. The highest BCUT2D eigenvalue weighted by molar-refractivity contribution is 5.81. The number of anilines is 2. The number of aromatic nitrogens is 2. The zero-order chi connectivity index (χ0) is 23.8. The van der Waals surface area contributed by atoms with E-state index in [2.05, 4.69) is 15.3 Å². The van der Waals surface area contributed by atoms with Gasteiger partial charge in [-0.05, 0) is 48.8 Å². The lowest BCUT2D eigenvalue weighted by Crippen LogP contribution is -2.25. The predicted molar refractivity (Wildman–Crippen MR) is 120 cm³/mol. The largest absolute Gasteiger partial charge is 0.433 e. The highest BCUT2D eigenvalue weighted by Crippen LogP contribution is 2.33. The molecule has 172 valence electrons. The maximum absolute atomic E-state index is 13.1. The Morgan fingerprint density at radius 1 is 1.18 bits per heavy atom. The zero-order valence-corrected chi connectivity index (χ0v) is 18.6. The molecule has 33 heavy (non-hydrogen) atoms. The van der Waals surface area contributed by atoms with Crippen molar-refractivity contribution < 1.29 is 18.0 Å². The van der Waals surface area contributed by atoms with Gasteiger partial charge in [0.25, 0.3) is 0 Å². The van der Waals surface area contributed by atoms with Gasteiger partial charge in [-0.1, -0.05) is 12.2 Å². The third-order valence-electron chi connectivity index (χ3n) is 5.87. The highest BCUT2D eigenvalue weighted by atomic mass is 19.4. The van der Waals surface area contributed by atoms with Gasteiger partial charge in [0.15, 0.2) is 0 Å². The minimum absolute atomic E-state index is 0.0613. The Kier molecular flexibility index (Phi) is 5.97. The summed E-state index contributed by atoms with van der Waals surface area (Å²) in [5.74, 6) is 0.722. The van der Waals surface area contributed by atoms with Crippen LogP contribution in [0.15, 0.2) is 54.5 Å². The molecule has 2 aliphatic heterocycles. The van der Waals surface area contributed by atoms with Crippen LogP contribution in [0, 0.1) is 13.8 Å². The molecule has 0 radical (unpaired) electrons. The number of nitrogens with zero attached hydrogens (tertiary/aromatic N) is 4. The smallest absolute Gasteiger partial charge is 0.373 e. The average molecular weight is 455 g/mol. The Morgan fingerprint density at radius 3 is 2.67 bits per heavy atom. The summed E-state index contributed by atoms with van der Waals surface area (Å²) in [5.41, 5.74) is 4.19. The molecule has 2 aliphatic rings. The average Bonchev–Trinajstić information content (AvgIpc) is 3.10. The van der Waals surface area contributed by atoms with Crippen molar-refractivity contribution in [3.05, 3.63) is 82.6 Å². The molecule has 4 rings (SSSR count). The molecule has 0 aliphatic carbocycles. The van der Waals surface area contributed by atoms with E-state index in [1.165, 1.54) is 6.07 Å². The Hall–Kier alpha value is -3.62. The van der Waals surface area contributed by atoms with Crippen LogP contribution in [0.4, 0.5) is 24.7 Å². The summed E-state index contributed by atoms with van der Waals surface area (Å²) in [4.78, 5) is 24.5. The fourth-order valence-electron chi connectivity index (χ4n) is 3.98. The first kappa shape index (κ1) is 22.6. The lowest BCUT2D eigenvalue weighted by Gasteiger charge is -2.19. The van der Waals surface area contributed by atoms with Crippen LogP contribution in [-0.2, 0) is 24.1 Å². The number of amides is 1. The maximum Gasteiger partial charge on any atom is 0.433 e. The molecule has 9 heteroatoms. The number of hydrogen-bond donors (Lipinski definition) is 1. The van der Waals surface area contributed by atoms with Crippen LogP contribution in [0.3, 0.4) is 0 Å². The fourth-order valence-corrected chi connectivity index (χ4v) is 3.98. The Bertz CT molecular complexity index is 1180. The van der Waals surface area contributed by atoms with Crippen molar-refractivity contribution in [2.75, 3.05) is 17.3 Å². The molecule has 0 aromatic carbocycles. The normalized spacial score (nSPS) is 15.4. The molecule has 0 bridgehead atoms. The van der Waals surface area contributed by atoms with E-state index in [1.54, 1.807) is 40.4 Å². The van der Waals surface area contributed by atoms with Crippen LogP contribution in [0.5, 0.6) is 0 Å². The van der Waals surface area contributed by atoms with Crippen LogP contribution < -0.4 is 10.2 Å². The summed E-state index contributed by atoms with van der Waals surface area (Å²) < 4.78 is 39.2. The monoisotopic (exact) mass is 455 g/mol. The van der Waals surface area contributed by atoms with Crippen molar-refractivity contribution >= 4 is 17.4 Å². The first-order valence-corrected chi connectivity index (χ1v) is 10.5. The number of carbonyl (C=O) groups is 1. The summed E-state index contributed by atoms with van der Waals surface area (Å²) in [7, 11) is 1.81. The lowest BCUT2D eigenvalue weighted by molar-refractivity contribution is -0.141. The molecule has 0 fully saturated rings. The molecule has 0 atom stereocenters. The first-order chi connectivity index (χ1) is 15.7. The predicted octanol–water partition coefficient (Wildman–Crippen LogP) is 4.86.